The van der Waals surface area contributed by atoms with Gasteiger partial charge >= 0.3 is 0 Å². The van der Waals surface area contributed by atoms with Crippen molar-refractivity contribution in [2.45, 2.75) is 39.0 Å². The van der Waals surface area contributed by atoms with Gasteiger partial charge in [0.15, 0.2) is 5.11 Å². The molecule has 0 fully saturated rings. The number of sulfonamides is 1. The van der Waals surface area contributed by atoms with E-state index >= 15 is 0 Å². The molecule has 178 valence electrons. The summed E-state index contributed by atoms with van der Waals surface area (Å²) in [6.45, 7) is 8.00. The van der Waals surface area contributed by atoms with Crippen LogP contribution in [-0.4, -0.2) is 19.4 Å². The number of thiocarbonyl (C=S) groups is 1. The highest BCUT2D eigenvalue weighted by Gasteiger charge is 2.17. The van der Waals surface area contributed by atoms with Crippen LogP contribution in [0, 0.1) is 19.8 Å². The Morgan fingerprint density at radius 3 is 2.06 bits per heavy atom. The van der Waals surface area contributed by atoms with Crippen LogP contribution in [0.1, 0.15) is 40.9 Å². The van der Waals surface area contributed by atoms with Gasteiger partial charge in [-0.1, -0.05) is 44.2 Å². The first kappa shape index (κ1) is 25.4. The monoisotopic (exact) mass is 495 g/mol. The molecule has 3 aromatic carbocycles. The number of hydrogen-bond acceptors (Lipinski definition) is 4. The molecule has 0 atom stereocenters. The van der Waals surface area contributed by atoms with Crippen molar-refractivity contribution in [3.8, 4) is 0 Å². The molecular weight excluding hydrogens is 466 g/mol. The summed E-state index contributed by atoms with van der Waals surface area (Å²) in [5, 5.41) is 5.68. The van der Waals surface area contributed by atoms with Gasteiger partial charge in [-0.3, -0.25) is 14.8 Å². The summed E-state index contributed by atoms with van der Waals surface area (Å²) in [6, 6.07) is 19.2. The number of anilines is 2. The average molecular weight is 496 g/mol. The van der Waals surface area contributed by atoms with Crippen molar-refractivity contribution in [1.82, 2.24) is 5.32 Å². The maximum absolute atomic E-state index is 12.8. The zero-order chi connectivity index (χ0) is 24.9. The van der Waals surface area contributed by atoms with E-state index in [4.69, 9.17) is 12.2 Å². The van der Waals surface area contributed by atoms with Crippen LogP contribution in [-0.2, 0) is 16.4 Å². The summed E-state index contributed by atoms with van der Waals surface area (Å²) in [5.41, 5.74) is 4.51. The number of amides is 1. The Kier molecular flexibility index (Phi) is 8.06. The Bertz CT molecular complexity index is 1260. The minimum atomic E-state index is -3.75. The van der Waals surface area contributed by atoms with Crippen LogP contribution in [0.4, 0.5) is 11.4 Å². The Morgan fingerprint density at radius 2 is 1.50 bits per heavy atom. The van der Waals surface area contributed by atoms with Crippen molar-refractivity contribution in [3.05, 3.63) is 89.0 Å². The Labute approximate surface area is 206 Å². The first-order valence-corrected chi connectivity index (χ1v) is 12.8. The van der Waals surface area contributed by atoms with E-state index in [0.29, 0.717) is 22.9 Å². The summed E-state index contributed by atoms with van der Waals surface area (Å²) in [5.74, 6) is 0.228. The van der Waals surface area contributed by atoms with Crippen LogP contribution in [0.15, 0.2) is 71.6 Å². The fraction of sp³-hybridized carbons (Fsp3) is 0.231. The lowest BCUT2D eigenvalue weighted by atomic mass is 10.0. The molecule has 34 heavy (non-hydrogen) atoms. The number of aryl methyl sites for hydroxylation is 2. The molecule has 0 aliphatic rings. The summed E-state index contributed by atoms with van der Waals surface area (Å²) in [6.07, 6.45) is 0.952. The minimum Gasteiger partial charge on any atom is -0.332 e. The molecule has 6 nitrogen and oxygen atoms in total. The van der Waals surface area contributed by atoms with Crippen molar-refractivity contribution >= 4 is 44.6 Å². The standard InChI is InChI=1S/C26H29N3O3S2/c1-17(2)16-20-8-10-21(11-9-20)25(30)28-26(33)27-22-12-14-23(15-13-22)34(31,32)29-24-18(3)6-5-7-19(24)4/h5-15,17,29H,16H2,1-4H3,(H2,27,28,30,33). The van der Waals surface area contributed by atoms with Crippen molar-refractivity contribution in [1.29, 1.82) is 0 Å². The molecule has 0 aliphatic carbocycles. The molecule has 0 saturated heterocycles. The molecule has 0 bridgehead atoms. The van der Waals surface area contributed by atoms with Crippen molar-refractivity contribution in [3.63, 3.8) is 0 Å². The maximum atomic E-state index is 12.8. The van der Waals surface area contributed by atoms with Crippen LogP contribution in [0.2, 0.25) is 0 Å². The second kappa shape index (κ2) is 10.8. The Hall–Kier alpha value is -3.23. The van der Waals surface area contributed by atoms with Crippen LogP contribution < -0.4 is 15.4 Å². The number of carbonyl (C=O) groups is 1. The molecule has 0 saturated carbocycles. The lowest BCUT2D eigenvalue weighted by molar-refractivity contribution is 0.0977. The van der Waals surface area contributed by atoms with Gasteiger partial charge in [-0.15, -0.1) is 0 Å². The highest BCUT2D eigenvalue weighted by atomic mass is 32.2. The molecule has 8 heteroatoms. The molecule has 0 spiro atoms. The second-order valence-corrected chi connectivity index (χ2v) is 10.7. The summed E-state index contributed by atoms with van der Waals surface area (Å²) < 4.78 is 28.3. The van der Waals surface area contributed by atoms with Crippen LogP contribution in [0.3, 0.4) is 0 Å². The van der Waals surface area contributed by atoms with E-state index in [1.54, 1.807) is 24.3 Å². The largest absolute Gasteiger partial charge is 0.332 e. The predicted molar refractivity (Wildman–Crippen MR) is 142 cm³/mol. The number of carbonyl (C=O) groups excluding carboxylic acids is 1. The molecule has 0 aromatic heterocycles. The minimum absolute atomic E-state index is 0.122. The third kappa shape index (κ3) is 6.65. The number of nitrogens with one attached hydrogen (secondary N) is 3. The van der Waals surface area contributed by atoms with E-state index in [-0.39, 0.29) is 15.9 Å². The van der Waals surface area contributed by atoms with Gasteiger partial charge in [0, 0.05) is 11.3 Å². The van der Waals surface area contributed by atoms with Crippen LogP contribution in [0.5, 0.6) is 0 Å². The van der Waals surface area contributed by atoms with Crippen molar-refractivity contribution in [2.75, 3.05) is 10.0 Å². The van der Waals surface area contributed by atoms with E-state index in [1.165, 1.54) is 17.7 Å². The molecule has 1 amide bonds. The first-order valence-electron chi connectivity index (χ1n) is 11.0. The fourth-order valence-electron chi connectivity index (χ4n) is 3.49. The molecule has 0 heterocycles. The Morgan fingerprint density at radius 1 is 0.912 bits per heavy atom. The predicted octanol–water partition coefficient (Wildman–Crippen LogP) is 5.43. The van der Waals surface area contributed by atoms with Gasteiger partial charge in [0.2, 0.25) is 0 Å². The number of hydrogen-bond donors (Lipinski definition) is 3. The maximum Gasteiger partial charge on any atom is 0.261 e. The smallest absolute Gasteiger partial charge is 0.261 e. The first-order chi connectivity index (χ1) is 16.0. The normalized spacial score (nSPS) is 11.2. The van der Waals surface area contributed by atoms with Gasteiger partial charge < -0.3 is 5.32 Å². The third-order valence-electron chi connectivity index (χ3n) is 5.23. The van der Waals surface area contributed by atoms with Gasteiger partial charge in [0.05, 0.1) is 10.6 Å². The summed E-state index contributed by atoms with van der Waals surface area (Å²) in [4.78, 5) is 12.6. The summed E-state index contributed by atoms with van der Waals surface area (Å²) in [7, 11) is -3.75. The molecular formula is C26H29N3O3S2. The lowest BCUT2D eigenvalue weighted by Crippen LogP contribution is -2.34. The van der Waals surface area contributed by atoms with E-state index < -0.39 is 10.0 Å². The SMILES string of the molecule is Cc1cccc(C)c1NS(=O)(=O)c1ccc(NC(=S)NC(=O)c2ccc(CC(C)C)cc2)cc1. The van der Waals surface area contributed by atoms with Gasteiger partial charge in [-0.25, -0.2) is 8.42 Å². The van der Waals surface area contributed by atoms with E-state index in [0.717, 1.165) is 17.5 Å². The Balaban J connectivity index is 1.61. The number of para-hydroxylation sites is 1. The highest BCUT2D eigenvalue weighted by Crippen LogP contribution is 2.24. The zero-order valence-corrected chi connectivity index (χ0v) is 21.3. The van der Waals surface area contributed by atoms with Crippen molar-refractivity contribution in [2.24, 2.45) is 5.92 Å². The van der Waals surface area contributed by atoms with Crippen LogP contribution >= 0.6 is 12.2 Å². The highest BCUT2D eigenvalue weighted by molar-refractivity contribution is 7.92. The molecule has 0 radical (unpaired) electrons. The molecule has 3 rings (SSSR count). The van der Waals surface area contributed by atoms with Crippen LogP contribution in [0.25, 0.3) is 0 Å². The average Bonchev–Trinajstić information content (AvgIpc) is 2.77. The summed E-state index contributed by atoms with van der Waals surface area (Å²) >= 11 is 5.24. The second-order valence-electron chi connectivity index (χ2n) is 8.60. The zero-order valence-electron chi connectivity index (χ0n) is 19.7. The topological polar surface area (TPSA) is 87.3 Å². The molecule has 0 aliphatic heterocycles. The number of rotatable bonds is 7. The fourth-order valence-corrected chi connectivity index (χ4v) is 4.90. The van der Waals surface area contributed by atoms with Gasteiger partial charge in [-0.05, 0) is 91.5 Å². The third-order valence-corrected chi connectivity index (χ3v) is 6.80. The van der Waals surface area contributed by atoms with Crippen molar-refractivity contribution < 1.29 is 13.2 Å². The molecule has 3 N–H and O–H groups in total. The van der Waals surface area contributed by atoms with Gasteiger partial charge in [0.25, 0.3) is 15.9 Å². The van der Waals surface area contributed by atoms with E-state index in [2.05, 4.69) is 29.2 Å². The molecule has 3 aromatic rings. The number of benzene rings is 3. The quantitative estimate of drug-likeness (QED) is 0.381. The van der Waals surface area contributed by atoms with Gasteiger partial charge in [0.1, 0.15) is 0 Å². The lowest BCUT2D eigenvalue weighted by Gasteiger charge is -2.14. The van der Waals surface area contributed by atoms with E-state index in [9.17, 15) is 13.2 Å². The van der Waals surface area contributed by atoms with Gasteiger partial charge in [-0.2, -0.15) is 0 Å². The molecule has 0 unspecified atom stereocenters. The van der Waals surface area contributed by atoms with E-state index in [1.807, 2.05) is 44.2 Å².